The molecule has 0 radical (unpaired) electrons. The highest BCUT2D eigenvalue weighted by molar-refractivity contribution is 4.75. The Morgan fingerprint density at radius 3 is 2.00 bits per heavy atom. The topological polar surface area (TPSA) is 12.0 Å². The summed E-state index contributed by atoms with van der Waals surface area (Å²) in [6.45, 7) is 12.7. The van der Waals surface area contributed by atoms with Crippen LogP contribution in [0.2, 0.25) is 0 Å². The molecule has 1 heteroatoms. The van der Waals surface area contributed by atoms with Crippen LogP contribution in [0.4, 0.5) is 0 Å². The van der Waals surface area contributed by atoms with E-state index in [4.69, 9.17) is 0 Å². The Labute approximate surface area is 103 Å². The molecule has 0 fully saturated rings. The SMILES string of the molecule is CCCCCCCC(NCC)C(C)C(C)C. The molecule has 0 aliphatic carbocycles. The van der Waals surface area contributed by atoms with Crippen molar-refractivity contribution in [2.75, 3.05) is 6.54 Å². The molecule has 0 aliphatic rings. The summed E-state index contributed by atoms with van der Waals surface area (Å²) in [6.07, 6.45) is 8.35. The maximum absolute atomic E-state index is 3.65. The second-order valence-corrected chi connectivity index (χ2v) is 5.47. The third kappa shape index (κ3) is 7.27. The molecule has 2 atom stereocenters. The minimum atomic E-state index is 0.728. The summed E-state index contributed by atoms with van der Waals surface area (Å²) in [4.78, 5) is 0. The van der Waals surface area contributed by atoms with Gasteiger partial charge < -0.3 is 5.32 Å². The predicted octanol–water partition coefficient (Wildman–Crippen LogP) is 4.62. The van der Waals surface area contributed by atoms with Crippen molar-refractivity contribution in [2.24, 2.45) is 11.8 Å². The van der Waals surface area contributed by atoms with E-state index in [9.17, 15) is 0 Å². The lowest BCUT2D eigenvalue weighted by Gasteiger charge is -2.27. The van der Waals surface area contributed by atoms with Gasteiger partial charge in [0.15, 0.2) is 0 Å². The van der Waals surface area contributed by atoms with Crippen molar-refractivity contribution >= 4 is 0 Å². The molecule has 16 heavy (non-hydrogen) atoms. The van der Waals surface area contributed by atoms with Gasteiger partial charge in [-0.05, 0) is 24.8 Å². The third-order valence-electron chi connectivity index (χ3n) is 3.77. The van der Waals surface area contributed by atoms with E-state index < -0.39 is 0 Å². The summed E-state index contributed by atoms with van der Waals surface area (Å²) < 4.78 is 0. The molecule has 1 nitrogen and oxygen atoms in total. The highest BCUT2D eigenvalue weighted by Gasteiger charge is 2.18. The van der Waals surface area contributed by atoms with Gasteiger partial charge in [0.2, 0.25) is 0 Å². The highest BCUT2D eigenvalue weighted by Crippen LogP contribution is 2.19. The van der Waals surface area contributed by atoms with Crippen molar-refractivity contribution in [1.29, 1.82) is 0 Å². The number of nitrogens with one attached hydrogen (secondary N) is 1. The van der Waals surface area contributed by atoms with Gasteiger partial charge in [-0.2, -0.15) is 0 Å². The fourth-order valence-corrected chi connectivity index (χ4v) is 2.25. The maximum Gasteiger partial charge on any atom is 0.00950 e. The first-order valence-corrected chi connectivity index (χ1v) is 7.36. The van der Waals surface area contributed by atoms with Gasteiger partial charge in [-0.1, -0.05) is 66.7 Å². The van der Waals surface area contributed by atoms with Crippen LogP contribution in [0.1, 0.15) is 73.1 Å². The van der Waals surface area contributed by atoms with Gasteiger partial charge in [0, 0.05) is 6.04 Å². The van der Waals surface area contributed by atoms with Crippen LogP contribution in [0.15, 0.2) is 0 Å². The lowest BCUT2D eigenvalue weighted by molar-refractivity contribution is 0.282. The molecule has 0 heterocycles. The zero-order valence-electron chi connectivity index (χ0n) is 12.2. The van der Waals surface area contributed by atoms with Crippen LogP contribution in [0, 0.1) is 11.8 Å². The van der Waals surface area contributed by atoms with Gasteiger partial charge >= 0.3 is 0 Å². The number of rotatable bonds is 10. The van der Waals surface area contributed by atoms with E-state index in [2.05, 4.69) is 39.9 Å². The average Bonchev–Trinajstić information content (AvgIpc) is 2.26. The van der Waals surface area contributed by atoms with E-state index in [1.165, 1.54) is 38.5 Å². The Balaban J connectivity index is 3.76. The number of hydrogen-bond acceptors (Lipinski definition) is 1. The Morgan fingerprint density at radius 1 is 0.875 bits per heavy atom. The highest BCUT2D eigenvalue weighted by atomic mass is 14.9. The molecule has 0 amide bonds. The third-order valence-corrected chi connectivity index (χ3v) is 3.77. The molecule has 98 valence electrons. The Kier molecular flexibility index (Phi) is 10.1. The van der Waals surface area contributed by atoms with Crippen LogP contribution in [0.3, 0.4) is 0 Å². The number of hydrogen-bond donors (Lipinski definition) is 1. The van der Waals surface area contributed by atoms with Gasteiger partial charge in [-0.3, -0.25) is 0 Å². The predicted molar refractivity (Wildman–Crippen MR) is 74.8 cm³/mol. The lowest BCUT2D eigenvalue weighted by Crippen LogP contribution is -2.37. The molecule has 0 aromatic carbocycles. The van der Waals surface area contributed by atoms with E-state index in [0.29, 0.717) is 0 Å². The van der Waals surface area contributed by atoms with Crippen molar-refractivity contribution in [3.8, 4) is 0 Å². The normalized spacial score (nSPS) is 15.4. The minimum absolute atomic E-state index is 0.728. The molecule has 0 saturated heterocycles. The molecule has 0 saturated carbocycles. The fraction of sp³-hybridized carbons (Fsp3) is 1.00. The van der Waals surface area contributed by atoms with Crippen molar-refractivity contribution in [3.63, 3.8) is 0 Å². The van der Waals surface area contributed by atoms with Gasteiger partial charge in [-0.25, -0.2) is 0 Å². The summed E-state index contributed by atoms with van der Waals surface area (Å²) in [5.74, 6) is 1.59. The summed E-state index contributed by atoms with van der Waals surface area (Å²) >= 11 is 0. The molecule has 1 N–H and O–H groups in total. The summed E-state index contributed by atoms with van der Waals surface area (Å²) in [5, 5.41) is 3.65. The number of unbranched alkanes of at least 4 members (excludes halogenated alkanes) is 4. The quantitative estimate of drug-likeness (QED) is 0.537. The monoisotopic (exact) mass is 227 g/mol. The molecule has 0 aromatic rings. The Morgan fingerprint density at radius 2 is 1.50 bits per heavy atom. The molecular formula is C15H33N. The molecule has 0 aliphatic heterocycles. The first-order valence-electron chi connectivity index (χ1n) is 7.36. The van der Waals surface area contributed by atoms with E-state index in [1.807, 2.05) is 0 Å². The zero-order chi connectivity index (χ0) is 12.4. The van der Waals surface area contributed by atoms with Gasteiger partial charge in [0.1, 0.15) is 0 Å². The van der Waals surface area contributed by atoms with Crippen LogP contribution in [-0.2, 0) is 0 Å². The lowest BCUT2D eigenvalue weighted by atomic mass is 9.87. The fourth-order valence-electron chi connectivity index (χ4n) is 2.25. The first kappa shape index (κ1) is 16.0. The van der Waals surface area contributed by atoms with Crippen molar-refractivity contribution in [2.45, 2.75) is 79.2 Å². The average molecular weight is 227 g/mol. The minimum Gasteiger partial charge on any atom is -0.314 e. The van der Waals surface area contributed by atoms with E-state index in [0.717, 1.165) is 24.4 Å². The second kappa shape index (κ2) is 10.1. The molecule has 0 spiro atoms. The largest absolute Gasteiger partial charge is 0.314 e. The van der Waals surface area contributed by atoms with Gasteiger partial charge in [-0.15, -0.1) is 0 Å². The van der Waals surface area contributed by atoms with Crippen molar-refractivity contribution in [3.05, 3.63) is 0 Å². The van der Waals surface area contributed by atoms with Crippen LogP contribution in [0.25, 0.3) is 0 Å². The van der Waals surface area contributed by atoms with Crippen LogP contribution < -0.4 is 5.32 Å². The van der Waals surface area contributed by atoms with Crippen LogP contribution in [0.5, 0.6) is 0 Å². The first-order chi connectivity index (χ1) is 7.63. The summed E-state index contributed by atoms with van der Waals surface area (Å²) in [5.41, 5.74) is 0. The zero-order valence-corrected chi connectivity index (χ0v) is 12.2. The molecule has 2 unspecified atom stereocenters. The van der Waals surface area contributed by atoms with Crippen molar-refractivity contribution in [1.82, 2.24) is 5.32 Å². The molecule has 0 bridgehead atoms. The maximum atomic E-state index is 3.65. The van der Waals surface area contributed by atoms with Crippen LogP contribution >= 0.6 is 0 Å². The second-order valence-electron chi connectivity index (χ2n) is 5.47. The smallest absolute Gasteiger partial charge is 0.00950 e. The van der Waals surface area contributed by atoms with E-state index in [1.54, 1.807) is 0 Å². The molecular weight excluding hydrogens is 194 g/mol. The summed E-state index contributed by atoms with van der Waals surface area (Å²) in [7, 11) is 0. The summed E-state index contributed by atoms with van der Waals surface area (Å²) in [6, 6.07) is 0.728. The van der Waals surface area contributed by atoms with E-state index >= 15 is 0 Å². The molecule has 0 rings (SSSR count). The Bertz CT molecular complexity index is 142. The van der Waals surface area contributed by atoms with Crippen molar-refractivity contribution < 1.29 is 0 Å². The molecule has 0 aromatic heterocycles. The Hall–Kier alpha value is -0.0400. The van der Waals surface area contributed by atoms with E-state index in [-0.39, 0.29) is 0 Å². The van der Waals surface area contributed by atoms with Crippen LogP contribution in [-0.4, -0.2) is 12.6 Å². The van der Waals surface area contributed by atoms with Gasteiger partial charge in [0.05, 0.1) is 0 Å². The standard InChI is InChI=1S/C15H33N/c1-6-8-9-10-11-12-15(16-7-2)14(5)13(3)4/h13-16H,6-12H2,1-5H3. The van der Waals surface area contributed by atoms with Gasteiger partial charge in [0.25, 0.3) is 0 Å².